The summed E-state index contributed by atoms with van der Waals surface area (Å²) in [5, 5.41) is 3.22. The molecule has 2 aromatic rings. The maximum absolute atomic E-state index is 12.1. The molecule has 2 aromatic carbocycles. The molecule has 0 fully saturated rings. The second-order valence-corrected chi connectivity index (χ2v) is 4.74. The van der Waals surface area contributed by atoms with Gasteiger partial charge < -0.3 is 16.8 Å². The largest absolute Gasteiger partial charge is 0.399 e. The Morgan fingerprint density at radius 1 is 1.00 bits per heavy atom. The molecule has 0 aliphatic carbocycles. The van der Waals surface area contributed by atoms with E-state index >= 15 is 0 Å². The molecular weight excluding hydrogens is 285 g/mol. The number of benzene rings is 2. The van der Waals surface area contributed by atoms with Crippen molar-refractivity contribution < 1.29 is 4.79 Å². The smallest absolute Gasteiger partial charge is 0.257 e. The van der Waals surface area contributed by atoms with E-state index in [2.05, 4.69) is 5.32 Å². The van der Waals surface area contributed by atoms with E-state index < -0.39 is 0 Å². The van der Waals surface area contributed by atoms with Crippen molar-refractivity contribution in [2.45, 2.75) is 0 Å². The van der Waals surface area contributed by atoms with Gasteiger partial charge in [-0.25, -0.2) is 0 Å². The van der Waals surface area contributed by atoms with Gasteiger partial charge in [0.05, 0.1) is 21.3 Å². The summed E-state index contributed by atoms with van der Waals surface area (Å²) < 4.78 is 0. The predicted molar refractivity (Wildman–Crippen MR) is 79.7 cm³/mol. The van der Waals surface area contributed by atoms with Crippen molar-refractivity contribution in [3.05, 3.63) is 52.0 Å². The third kappa shape index (κ3) is 3.10. The standard InChI is InChI=1S/C13H11Cl2N3O/c14-10-6-12(17)11(15)5-9(10)13(19)18-8-3-1-7(16)2-4-8/h1-6H,16-17H2,(H,18,19). The summed E-state index contributed by atoms with van der Waals surface area (Å²) in [5.41, 5.74) is 13.0. The van der Waals surface area contributed by atoms with Crippen LogP contribution in [0.25, 0.3) is 0 Å². The Kier molecular flexibility index (Phi) is 3.83. The predicted octanol–water partition coefficient (Wildman–Crippen LogP) is 3.41. The molecule has 5 N–H and O–H groups in total. The molecule has 0 atom stereocenters. The number of nitrogen functional groups attached to an aromatic ring is 2. The molecule has 0 heterocycles. The van der Waals surface area contributed by atoms with Crippen molar-refractivity contribution in [3.63, 3.8) is 0 Å². The van der Waals surface area contributed by atoms with E-state index in [1.165, 1.54) is 12.1 Å². The van der Waals surface area contributed by atoms with E-state index in [9.17, 15) is 4.79 Å². The van der Waals surface area contributed by atoms with E-state index in [4.69, 9.17) is 34.7 Å². The van der Waals surface area contributed by atoms with Gasteiger partial charge in [-0.15, -0.1) is 0 Å². The molecule has 0 aliphatic rings. The fourth-order valence-corrected chi connectivity index (χ4v) is 1.92. The van der Waals surface area contributed by atoms with Crippen LogP contribution in [0.2, 0.25) is 10.0 Å². The van der Waals surface area contributed by atoms with Crippen LogP contribution in [0.5, 0.6) is 0 Å². The summed E-state index contributed by atoms with van der Waals surface area (Å²) in [6, 6.07) is 9.65. The number of hydrogen-bond acceptors (Lipinski definition) is 3. The molecule has 0 spiro atoms. The Hall–Kier alpha value is -1.91. The first-order valence-electron chi connectivity index (χ1n) is 5.39. The number of amides is 1. The lowest BCUT2D eigenvalue weighted by Crippen LogP contribution is -2.12. The van der Waals surface area contributed by atoms with Gasteiger partial charge in [-0.3, -0.25) is 4.79 Å². The van der Waals surface area contributed by atoms with Crippen LogP contribution in [0.3, 0.4) is 0 Å². The van der Waals surface area contributed by atoms with E-state index in [1.54, 1.807) is 24.3 Å². The van der Waals surface area contributed by atoms with Crippen LogP contribution in [-0.4, -0.2) is 5.91 Å². The molecule has 1 amide bonds. The van der Waals surface area contributed by atoms with Crippen LogP contribution in [0.4, 0.5) is 17.1 Å². The number of nitrogens with two attached hydrogens (primary N) is 2. The molecule has 19 heavy (non-hydrogen) atoms. The van der Waals surface area contributed by atoms with E-state index in [0.29, 0.717) is 17.1 Å². The van der Waals surface area contributed by atoms with Gasteiger partial charge in [0.1, 0.15) is 0 Å². The monoisotopic (exact) mass is 295 g/mol. The first-order chi connectivity index (χ1) is 8.97. The van der Waals surface area contributed by atoms with Gasteiger partial charge in [0.25, 0.3) is 5.91 Å². The highest BCUT2D eigenvalue weighted by atomic mass is 35.5. The van der Waals surface area contributed by atoms with Crippen LogP contribution in [-0.2, 0) is 0 Å². The van der Waals surface area contributed by atoms with Crippen molar-refractivity contribution in [1.82, 2.24) is 0 Å². The Labute approximate surface area is 120 Å². The lowest BCUT2D eigenvalue weighted by atomic mass is 10.2. The Morgan fingerprint density at radius 2 is 1.63 bits per heavy atom. The summed E-state index contributed by atoms with van der Waals surface area (Å²) in [5.74, 6) is -0.364. The maximum atomic E-state index is 12.1. The summed E-state index contributed by atoms with van der Waals surface area (Å²) in [4.78, 5) is 12.1. The number of halogens is 2. The van der Waals surface area contributed by atoms with Crippen LogP contribution in [0.15, 0.2) is 36.4 Å². The zero-order valence-corrected chi connectivity index (χ0v) is 11.3. The Bertz CT molecular complexity index is 627. The fraction of sp³-hybridized carbons (Fsp3) is 0. The zero-order chi connectivity index (χ0) is 14.0. The Morgan fingerprint density at radius 3 is 2.26 bits per heavy atom. The molecule has 0 saturated heterocycles. The number of carbonyl (C=O) groups is 1. The number of anilines is 3. The van der Waals surface area contributed by atoms with Crippen LogP contribution in [0.1, 0.15) is 10.4 Å². The summed E-state index contributed by atoms with van der Waals surface area (Å²) >= 11 is 11.8. The van der Waals surface area contributed by atoms with Gasteiger partial charge in [0, 0.05) is 11.4 Å². The molecule has 0 radical (unpaired) electrons. The molecule has 6 heteroatoms. The highest BCUT2D eigenvalue weighted by Gasteiger charge is 2.13. The van der Waals surface area contributed by atoms with Crippen LogP contribution >= 0.6 is 23.2 Å². The van der Waals surface area contributed by atoms with Crippen molar-refractivity contribution >= 4 is 46.2 Å². The van der Waals surface area contributed by atoms with Gasteiger partial charge in [-0.05, 0) is 36.4 Å². The molecule has 0 saturated carbocycles. The minimum absolute atomic E-state index is 0.245. The fourth-order valence-electron chi connectivity index (χ4n) is 1.50. The summed E-state index contributed by atoms with van der Waals surface area (Å²) in [6.07, 6.45) is 0. The van der Waals surface area contributed by atoms with Crippen molar-refractivity contribution in [1.29, 1.82) is 0 Å². The van der Waals surface area contributed by atoms with Gasteiger partial charge in [-0.2, -0.15) is 0 Å². The van der Waals surface area contributed by atoms with Crippen LogP contribution in [0, 0.1) is 0 Å². The van der Waals surface area contributed by atoms with E-state index in [0.717, 1.165) is 0 Å². The molecule has 0 unspecified atom stereocenters. The van der Waals surface area contributed by atoms with E-state index in [1.807, 2.05) is 0 Å². The quantitative estimate of drug-likeness (QED) is 0.743. The average molecular weight is 296 g/mol. The second-order valence-electron chi connectivity index (χ2n) is 3.93. The van der Waals surface area contributed by atoms with Crippen molar-refractivity contribution in [2.24, 2.45) is 0 Å². The highest BCUT2D eigenvalue weighted by molar-refractivity contribution is 6.37. The lowest BCUT2D eigenvalue weighted by molar-refractivity contribution is 0.102. The second kappa shape index (κ2) is 5.38. The third-order valence-corrected chi connectivity index (χ3v) is 3.14. The van der Waals surface area contributed by atoms with Crippen molar-refractivity contribution in [2.75, 3.05) is 16.8 Å². The number of rotatable bonds is 2. The number of hydrogen-bond donors (Lipinski definition) is 3. The minimum Gasteiger partial charge on any atom is -0.399 e. The number of nitrogens with one attached hydrogen (secondary N) is 1. The molecule has 4 nitrogen and oxygen atoms in total. The van der Waals surface area contributed by atoms with Crippen LogP contribution < -0.4 is 16.8 Å². The van der Waals surface area contributed by atoms with E-state index in [-0.39, 0.29) is 21.5 Å². The Balaban J connectivity index is 2.25. The van der Waals surface area contributed by atoms with Gasteiger partial charge >= 0.3 is 0 Å². The van der Waals surface area contributed by atoms with Crippen molar-refractivity contribution in [3.8, 4) is 0 Å². The van der Waals surface area contributed by atoms with Gasteiger partial charge in [0.15, 0.2) is 0 Å². The third-order valence-electron chi connectivity index (χ3n) is 2.50. The minimum atomic E-state index is -0.364. The molecule has 0 bridgehead atoms. The first kappa shape index (κ1) is 13.5. The summed E-state index contributed by atoms with van der Waals surface area (Å²) in [7, 11) is 0. The molecule has 2 rings (SSSR count). The normalized spacial score (nSPS) is 10.2. The molecule has 0 aromatic heterocycles. The lowest BCUT2D eigenvalue weighted by Gasteiger charge is -2.08. The zero-order valence-electron chi connectivity index (χ0n) is 9.78. The topological polar surface area (TPSA) is 81.1 Å². The van der Waals surface area contributed by atoms with Gasteiger partial charge in [0.2, 0.25) is 0 Å². The molecular formula is C13H11Cl2N3O. The SMILES string of the molecule is Nc1ccc(NC(=O)c2cc(Cl)c(N)cc2Cl)cc1. The highest BCUT2D eigenvalue weighted by Crippen LogP contribution is 2.27. The first-order valence-corrected chi connectivity index (χ1v) is 6.14. The average Bonchev–Trinajstić information content (AvgIpc) is 2.36. The molecule has 0 aliphatic heterocycles. The number of carbonyl (C=O) groups excluding carboxylic acids is 1. The molecule has 98 valence electrons. The van der Waals surface area contributed by atoms with Gasteiger partial charge in [-0.1, -0.05) is 23.2 Å². The maximum Gasteiger partial charge on any atom is 0.257 e. The summed E-state index contributed by atoms with van der Waals surface area (Å²) in [6.45, 7) is 0.